The predicted molar refractivity (Wildman–Crippen MR) is 84.6 cm³/mol. The maximum atomic E-state index is 12.3. The van der Waals surface area contributed by atoms with E-state index in [-0.39, 0.29) is 5.91 Å². The van der Waals surface area contributed by atoms with Gasteiger partial charge in [-0.3, -0.25) is 9.78 Å². The molecule has 6 heteroatoms. The normalized spacial score (nSPS) is 10.3. The number of nitrogens with one attached hydrogen (secondary N) is 1. The van der Waals surface area contributed by atoms with Gasteiger partial charge in [-0.2, -0.15) is 0 Å². The zero-order chi connectivity index (χ0) is 15.4. The van der Waals surface area contributed by atoms with Crippen LogP contribution in [0.3, 0.4) is 0 Å². The van der Waals surface area contributed by atoms with Crippen LogP contribution in [0.25, 0.3) is 0 Å². The lowest BCUT2D eigenvalue weighted by Gasteiger charge is -2.12. The van der Waals surface area contributed by atoms with E-state index in [0.717, 1.165) is 5.69 Å². The summed E-state index contributed by atoms with van der Waals surface area (Å²) >= 11 is 12.0. The molecule has 2 aromatic rings. The molecule has 1 aromatic carbocycles. The van der Waals surface area contributed by atoms with E-state index >= 15 is 0 Å². The number of rotatable bonds is 4. The standard InChI is InChI=1S/C15H14Cl2N2O2/c1-3-21-14-5-4-10(16)7-13(14)19-15(20)11-8-18-9(2)6-12(11)17/h4-8H,3H2,1-2H3,(H,19,20). The largest absolute Gasteiger partial charge is 0.492 e. The van der Waals surface area contributed by atoms with E-state index in [4.69, 9.17) is 27.9 Å². The molecule has 0 spiro atoms. The Hall–Kier alpha value is -1.78. The predicted octanol–water partition coefficient (Wildman–Crippen LogP) is 4.35. The van der Waals surface area contributed by atoms with E-state index in [1.165, 1.54) is 6.20 Å². The molecule has 0 aliphatic rings. The number of halogens is 2. The summed E-state index contributed by atoms with van der Waals surface area (Å²) in [5.74, 6) is 0.183. The average molecular weight is 325 g/mol. The smallest absolute Gasteiger partial charge is 0.258 e. The summed E-state index contributed by atoms with van der Waals surface area (Å²) in [5.41, 5.74) is 1.53. The molecule has 0 aliphatic heterocycles. The van der Waals surface area contributed by atoms with Gasteiger partial charge in [0.2, 0.25) is 0 Å². The molecule has 0 aliphatic carbocycles. The molecular weight excluding hydrogens is 311 g/mol. The number of amides is 1. The number of anilines is 1. The van der Waals surface area contributed by atoms with Crippen LogP contribution in [-0.4, -0.2) is 17.5 Å². The van der Waals surface area contributed by atoms with Crippen molar-refractivity contribution < 1.29 is 9.53 Å². The van der Waals surface area contributed by atoms with Crippen LogP contribution in [0.1, 0.15) is 23.0 Å². The Labute approximate surface area is 133 Å². The number of aromatic nitrogens is 1. The van der Waals surface area contributed by atoms with E-state index in [1.807, 2.05) is 6.92 Å². The van der Waals surface area contributed by atoms with Crippen LogP contribution in [0.2, 0.25) is 10.0 Å². The van der Waals surface area contributed by atoms with E-state index < -0.39 is 0 Å². The third-order valence-corrected chi connectivity index (χ3v) is 3.27. The zero-order valence-corrected chi connectivity index (χ0v) is 13.1. The van der Waals surface area contributed by atoms with Crippen molar-refractivity contribution in [3.05, 3.63) is 51.8 Å². The molecule has 2 rings (SSSR count). The number of hydrogen-bond donors (Lipinski definition) is 1. The van der Waals surface area contributed by atoms with Crippen molar-refractivity contribution in [2.45, 2.75) is 13.8 Å². The van der Waals surface area contributed by atoms with Gasteiger partial charge in [0, 0.05) is 16.9 Å². The van der Waals surface area contributed by atoms with Crippen molar-refractivity contribution in [1.82, 2.24) is 4.98 Å². The number of ether oxygens (including phenoxy) is 1. The van der Waals surface area contributed by atoms with Crippen molar-refractivity contribution in [2.24, 2.45) is 0 Å². The first-order valence-corrected chi connectivity index (χ1v) is 7.12. The number of carbonyl (C=O) groups is 1. The van der Waals surface area contributed by atoms with E-state index in [9.17, 15) is 4.79 Å². The van der Waals surface area contributed by atoms with Gasteiger partial charge >= 0.3 is 0 Å². The molecular formula is C15H14Cl2N2O2. The van der Waals surface area contributed by atoms with Gasteiger partial charge in [-0.05, 0) is 38.1 Å². The Balaban J connectivity index is 2.28. The van der Waals surface area contributed by atoms with Gasteiger partial charge in [0.05, 0.1) is 22.9 Å². The van der Waals surface area contributed by atoms with Crippen LogP contribution < -0.4 is 10.1 Å². The van der Waals surface area contributed by atoms with Crippen molar-refractivity contribution >= 4 is 34.8 Å². The Kier molecular flexibility index (Phi) is 5.04. The lowest BCUT2D eigenvalue weighted by atomic mass is 10.2. The summed E-state index contributed by atoms with van der Waals surface area (Å²) in [6, 6.07) is 6.66. The van der Waals surface area contributed by atoms with E-state index in [2.05, 4.69) is 10.3 Å². The number of benzene rings is 1. The fourth-order valence-electron chi connectivity index (χ4n) is 1.76. The second kappa shape index (κ2) is 6.78. The number of nitrogens with zero attached hydrogens (tertiary/aromatic N) is 1. The summed E-state index contributed by atoms with van der Waals surface area (Å²) in [7, 11) is 0. The van der Waals surface area contributed by atoms with Crippen LogP contribution in [0.5, 0.6) is 5.75 Å². The lowest BCUT2D eigenvalue weighted by molar-refractivity contribution is 0.102. The van der Waals surface area contributed by atoms with Gasteiger partial charge < -0.3 is 10.1 Å². The molecule has 110 valence electrons. The Morgan fingerprint density at radius 1 is 1.33 bits per heavy atom. The molecule has 21 heavy (non-hydrogen) atoms. The van der Waals surface area contributed by atoms with Crippen LogP contribution >= 0.6 is 23.2 Å². The molecule has 1 N–H and O–H groups in total. The van der Waals surface area contributed by atoms with Crippen molar-refractivity contribution in [1.29, 1.82) is 0 Å². The molecule has 0 bridgehead atoms. The molecule has 0 saturated heterocycles. The van der Waals surface area contributed by atoms with Crippen LogP contribution in [0.15, 0.2) is 30.5 Å². The molecule has 0 atom stereocenters. The Bertz CT molecular complexity index is 675. The summed E-state index contributed by atoms with van der Waals surface area (Å²) in [6.45, 7) is 4.15. The molecule has 1 aromatic heterocycles. The first-order chi connectivity index (χ1) is 10.0. The molecule has 0 unspecified atom stereocenters. The fourth-order valence-corrected chi connectivity index (χ4v) is 2.23. The van der Waals surface area contributed by atoms with Crippen molar-refractivity contribution in [3.8, 4) is 5.75 Å². The maximum absolute atomic E-state index is 12.3. The minimum atomic E-state index is -0.365. The fraction of sp³-hybridized carbons (Fsp3) is 0.200. The molecule has 1 heterocycles. The summed E-state index contributed by atoms with van der Waals surface area (Å²) in [5, 5.41) is 3.59. The number of hydrogen-bond acceptors (Lipinski definition) is 3. The average Bonchev–Trinajstić information content (AvgIpc) is 2.41. The lowest BCUT2D eigenvalue weighted by Crippen LogP contribution is -2.14. The second-order valence-electron chi connectivity index (χ2n) is 4.33. The molecule has 0 radical (unpaired) electrons. The number of pyridine rings is 1. The molecule has 0 fully saturated rings. The van der Waals surface area contributed by atoms with Gasteiger partial charge in [-0.25, -0.2) is 0 Å². The minimum absolute atomic E-state index is 0.296. The van der Waals surface area contributed by atoms with Gasteiger partial charge in [0.15, 0.2) is 0 Å². The third-order valence-electron chi connectivity index (χ3n) is 2.72. The topological polar surface area (TPSA) is 51.2 Å². The highest BCUT2D eigenvalue weighted by Gasteiger charge is 2.14. The molecule has 0 saturated carbocycles. The Morgan fingerprint density at radius 3 is 2.76 bits per heavy atom. The van der Waals surface area contributed by atoms with Gasteiger partial charge in [0.1, 0.15) is 5.75 Å². The van der Waals surface area contributed by atoms with Gasteiger partial charge in [-0.1, -0.05) is 23.2 Å². The highest BCUT2D eigenvalue weighted by Crippen LogP contribution is 2.29. The summed E-state index contributed by atoms with van der Waals surface area (Å²) < 4.78 is 5.46. The number of aryl methyl sites for hydroxylation is 1. The summed E-state index contributed by atoms with van der Waals surface area (Å²) in [4.78, 5) is 16.4. The van der Waals surface area contributed by atoms with Gasteiger partial charge in [-0.15, -0.1) is 0 Å². The van der Waals surface area contributed by atoms with Crippen LogP contribution in [0, 0.1) is 6.92 Å². The summed E-state index contributed by atoms with van der Waals surface area (Å²) in [6.07, 6.45) is 1.44. The highest BCUT2D eigenvalue weighted by atomic mass is 35.5. The minimum Gasteiger partial charge on any atom is -0.492 e. The van der Waals surface area contributed by atoms with Crippen LogP contribution in [0.4, 0.5) is 5.69 Å². The van der Waals surface area contributed by atoms with Crippen LogP contribution in [-0.2, 0) is 0 Å². The van der Waals surface area contributed by atoms with E-state index in [0.29, 0.717) is 33.7 Å². The first kappa shape index (κ1) is 15.6. The third kappa shape index (κ3) is 3.86. The first-order valence-electron chi connectivity index (χ1n) is 6.37. The Morgan fingerprint density at radius 2 is 2.10 bits per heavy atom. The van der Waals surface area contributed by atoms with Gasteiger partial charge in [0.25, 0.3) is 5.91 Å². The SMILES string of the molecule is CCOc1ccc(Cl)cc1NC(=O)c1cnc(C)cc1Cl. The van der Waals surface area contributed by atoms with Crippen molar-refractivity contribution in [3.63, 3.8) is 0 Å². The monoisotopic (exact) mass is 324 g/mol. The van der Waals surface area contributed by atoms with Crippen molar-refractivity contribution in [2.75, 3.05) is 11.9 Å². The maximum Gasteiger partial charge on any atom is 0.258 e. The quantitative estimate of drug-likeness (QED) is 0.909. The second-order valence-corrected chi connectivity index (χ2v) is 5.18. The molecule has 4 nitrogen and oxygen atoms in total. The highest BCUT2D eigenvalue weighted by molar-refractivity contribution is 6.34. The number of carbonyl (C=O) groups excluding carboxylic acids is 1. The van der Waals surface area contributed by atoms with E-state index in [1.54, 1.807) is 31.2 Å². The zero-order valence-electron chi connectivity index (χ0n) is 11.6. The molecule has 1 amide bonds.